The third-order valence-electron chi connectivity index (χ3n) is 1.84. The van der Waals surface area contributed by atoms with Crippen LogP contribution in [0.1, 0.15) is 11.1 Å². The third-order valence-corrected chi connectivity index (χ3v) is 2.23. The van der Waals surface area contributed by atoms with Crippen molar-refractivity contribution in [2.45, 2.75) is 13.1 Å². The fourth-order valence-electron chi connectivity index (χ4n) is 1.02. The van der Waals surface area contributed by atoms with Gasteiger partial charge >= 0.3 is 6.18 Å². The molecule has 0 N–H and O–H groups in total. The molecule has 0 heterocycles. The fourth-order valence-corrected chi connectivity index (χ4v) is 1.23. The molecule has 0 aliphatic carbocycles. The van der Waals surface area contributed by atoms with Crippen molar-refractivity contribution in [3.8, 4) is 0 Å². The maximum absolute atomic E-state index is 12.3. The summed E-state index contributed by atoms with van der Waals surface area (Å²) in [6.07, 6.45) is -4.64. The highest BCUT2D eigenvalue weighted by Crippen LogP contribution is 2.36. The molecule has 0 bridgehead atoms. The molecule has 3 nitrogen and oxygen atoms in total. The first-order valence-electron chi connectivity index (χ1n) is 3.75. The van der Waals surface area contributed by atoms with Gasteiger partial charge in [-0.05, 0) is 13.0 Å². The average Bonchev–Trinajstić information content (AvgIpc) is 2.06. The second-order valence-corrected chi connectivity index (χ2v) is 3.26. The van der Waals surface area contributed by atoms with E-state index < -0.39 is 22.4 Å². The molecular weight excluding hydrogens is 235 g/mol. The van der Waals surface area contributed by atoms with Gasteiger partial charge in [0.1, 0.15) is 0 Å². The number of hydrogen-bond donors (Lipinski definition) is 0. The minimum Gasteiger partial charge on any atom is -0.258 e. The molecule has 0 aliphatic rings. The van der Waals surface area contributed by atoms with E-state index in [1.807, 2.05) is 0 Å². The van der Waals surface area contributed by atoms with Crippen LogP contribution in [0.15, 0.2) is 12.1 Å². The van der Waals surface area contributed by atoms with E-state index in [1.165, 1.54) is 6.92 Å². The molecule has 0 saturated heterocycles. The van der Waals surface area contributed by atoms with Crippen LogP contribution in [-0.4, -0.2) is 4.92 Å². The van der Waals surface area contributed by atoms with E-state index in [-0.39, 0.29) is 10.6 Å². The first-order chi connectivity index (χ1) is 6.73. The number of hydrogen-bond acceptors (Lipinski definition) is 2. The Balaban J connectivity index is 3.43. The van der Waals surface area contributed by atoms with Gasteiger partial charge in [0, 0.05) is 11.6 Å². The summed E-state index contributed by atoms with van der Waals surface area (Å²) in [5.41, 5.74) is -1.73. The Bertz CT molecular complexity index is 417. The van der Waals surface area contributed by atoms with Crippen LogP contribution in [0.3, 0.4) is 0 Å². The van der Waals surface area contributed by atoms with Crippen molar-refractivity contribution in [1.82, 2.24) is 0 Å². The Morgan fingerprint density at radius 2 is 1.93 bits per heavy atom. The van der Waals surface area contributed by atoms with Crippen molar-refractivity contribution in [3.63, 3.8) is 0 Å². The minimum atomic E-state index is -4.64. The molecule has 0 spiro atoms. The molecule has 7 heteroatoms. The van der Waals surface area contributed by atoms with Gasteiger partial charge in [-0.1, -0.05) is 11.6 Å². The molecule has 0 atom stereocenters. The van der Waals surface area contributed by atoms with Crippen molar-refractivity contribution >= 4 is 17.3 Å². The number of halogens is 4. The topological polar surface area (TPSA) is 43.1 Å². The molecule has 15 heavy (non-hydrogen) atoms. The highest BCUT2D eigenvalue weighted by Gasteiger charge is 2.33. The quantitative estimate of drug-likeness (QED) is 0.555. The van der Waals surface area contributed by atoms with Crippen LogP contribution in [0.2, 0.25) is 5.02 Å². The molecule has 1 aromatic rings. The summed E-state index contributed by atoms with van der Waals surface area (Å²) in [6, 6.07) is 1.14. The van der Waals surface area contributed by atoms with Crippen LogP contribution in [0.25, 0.3) is 0 Å². The lowest BCUT2D eigenvalue weighted by Gasteiger charge is -2.08. The molecule has 0 radical (unpaired) electrons. The molecule has 0 saturated carbocycles. The van der Waals surface area contributed by atoms with Gasteiger partial charge in [0.05, 0.1) is 15.5 Å². The number of rotatable bonds is 1. The van der Waals surface area contributed by atoms with E-state index in [4.69, 9.17) is 11.6 Å². The van der Waals surface area contributed by atoms with Gasteiger partial charge < -0.3 is 0 Å². The Morgan fingerprint density at radius 1 is 1.40 bits per heavy atom. The fraction of sp³-hybridized carbons (Fsp3) is 0.250. The zero-order chi connectivity index (χ0) is 11.8. The van der Waals surface area contributed by atoms with Gasteiger partial charge in [0.2, 0.25) is 0 Å². The largest absolute Gasteiger partial charge is 0.416 e. The van der Waals surface area contributed by atoms with Crippen LogP contribution >= 0.6 is 11.6 Å². The van der Waals surface area contributed by atoms with Crippen molar-refractivity contribution < 1.29 is 18.1 Å². The Morgan fingerprint density at radius 3 is 2.33 bits per heavy atom. The molecular formula is C8H5ClF3NO2. The summed E-state index contributed by atoms with van der Waals surface area (Å²) < 4.78 is 36.8. The third kappa shape index (κ3) is 2.38. The van der Waals surface area contributed by atoms with Gasteiger partial charge in [-0.15, -0.1) is 0 Å². The van der Waals surface area contributed by atoms with Gasteiger partial charge in [-0.2, -0.15) is 13.2 Å². The predicted octanol–water partition coefficient (Wildman–Crippen LogP) is 3.58. The lowest BCUT2D eigenvalue weighted by molar-refractivity contribution is -0.385. The van der Waals surface area contributed by atoms with E-state index in [0.29, 0.717) is 12.1 Å². The number of nitro benzene ring substituents is 1. The number of benzene rings is 1. The van der Waals surface area contributed by atoms with E-state index in [9.17, 15) is 23.3 Å². The molecule has 82 valence electrons. The standard InChI is InChI=1S/C8H5ClF3NO2/c1-4-6(9)2-5(8(10,11)12)3-7(4)13(14)15/h2-3H,1H3. The highest BCUT2D eigenvalue weighted by atomic mass is 35.5. The zero-order valence-electron chi connectivity index (χ0n) is 7.43. The maximum Gasteiger partial charge on any atom is 0.416 e. The van der Waals surface area contributed by atoms with E-state index in [0.717, 1.165) is 0 Å². The Kier molecular flexibility index (Phi) is 2.90. The van der Waals surface area contributed by atoms with Crippen molar-refractivity contribution in [2.24, 2.45) is 0 Å². The number of nitro groups is 1. The van der Waals surface area contributed by atoms with Crippen LogP contribution in [0, 0.1) is 17.0 Å². The lowest BCUT2D eigenvalue weighted by atomic mass is 10.1. The van der Waals surface area contributed by atoms with Gasteiger partial charge in [0.15, 0.2) is 0 Å². The SMILES string of the molecule is Cc1c(Cl)cc(C(F)(F)F)cc1[N+](=O)[O-]. The van der Waals surface area contributed by atoms with Crippen LogP contribution in [-0.2, 0) is 6.18 Å². The number of nitrogens with zero attached hydrogens (tertiary/aromatic N) is 1. The van der Waals surface area contributed by atoms with Gasteiger partial charge in [-0.25, -0.2) is 0 Å². The maximum atomic E-state index is 12.3. The summed E-state index contributed by atoms with van der Waals surface area (Å²) in [5.74, 6) is 0. The van der Waals surface area contributed by atoms with Crippen LogP contribution in [0.4, 0.5) is 18.9 Å². The van der Waals surface area contributed by atoms with Crippen molar-refractivity contribution in [1.29, 1.82) is 0 Å². The summed E-state index contributed by atoms with van der Waals surface area (Å²) >= 11 is 5.46. The summed E-state index contributed by atoms with van der Waals surface area (Å²) in [5, 5.41) is 10.2. The highest BCUT2D eigenvalue weighted by molar-refractivity contribution is 6.31. The van der Waals surface area contributed by atoms with Crippen LogP contribution < -0.4 is 0 Å². The normalized spacial score (nSPS) is 11.5. The zero-order valence-corrected chi connectivity index (χ0v) is 8.19. The molecule has 0 aliphatic heterocycles. The molecule has 0 amide bonds. The van der Waals surface area contributed by atoms with E-state index in [2.05, 4.69) is 0 Å². The minimum absolute atomic E-state index is 0.0228. The summed E-state index contributed by atoms with van der Waals surface area (Å²) in [6.45, 7) is 1.29. The molecule has 0 unspecified atom stereocenters. The first kappa shape index (κ1) is 11.8. The Hall–Kier alpha value is -1.30. The average molecular weight is 240 g/mol. The lowest BCUT2D eigenvalue weighted by Crippen LogP contribution is -2.06. The Labute approximate surface area is 87.6 Å². The van der Waals surface area contributed by atoms with Gasteiger partial charge in [0.25, 0.3) is 5.69 Å². The predicted molar refractivity (Wildman–Crippen MR) is 47.8 cm³/mol. The second kappa shape index (κ2) is 3.69. The molecule has 1 aromatic carbocycles. The van der Waals surface area contributed by atoms with Crippen molar-refractivity contribution in [2.75, 3.05) is 0 Å². The monoisotopic (exact) mass is 239 g/mol. The molecule has 0 aromatic heterocycles. The summed E-state index contributed by atoms with van der Waals surface area (Å²) in [4.78, 5) is 9.54. The first-order valence-corrected chi connectivity index (χ1v) is 4.13. The molecule has 0 fully saturated rings. The molecule has 1 rings (SSSR count). The van der Waals surface area contributed by atoms with E-state index in [1.54, 1.807) is 0 Å². The smallest absolute Gasteiger partial charge is 0.258 e. The number of alkyl halides is 3. The van der Waals surface area contributed by atoms with E-state index >= 15 is 0 Å². The van der Waals surface area contributed by atoms with Crippen LogP contribution in [0.5, 0.6) is 0 Å². The second-order valence-electron chi connectivity index (χ2n) is 2.86. The van der Waals surface area contributed by atoms with Gasteiger partial charge in [-0.3, -0.25) is 10.1 Å². The summed E-state index contributed by atoms with van der Waals surface area (Å²) in [7, 11) is 0. The van der Waals surface area contributed by atoms with Crippen molar-refractivity contribution in [3.05, 3.63) is 38.4 Å².